The van der Waals surface area contributed by atoms with Crippen LogP contribution in [0, 0.1) is 0 Å². The fourth-order valence-electron chi connectivity index (χ4n) is 3.24. The Labute approximate surface area is 114 Å². The fourth-order valence-corrected chi connectivity index (χ4v) is 3.24. The molecule has 102 valence electrons. The number of benzene rings is 1. The molecule has 19 heavy (non-hydrogen) atoms. The van der Waals surface area contributed by atoms with E-state index in [9.17, 15) is 4.79 Å². The molecule has 0 spiro atoms. The van der Waals surface area contributed by atoms with Crippen molar-refractivity contribution in [2.75, 3.05) is 24.5 Å². The smallest absolute Gasteiger partial charge is 0.223 e. The van der Waals surface area contributed by atoms with Gasteiger partial charge in [-0.2, -0.15) is 0 Å². The number of carbonyl (C=O) groups excluding carboxylic acids is 1. The van der Waals surface area contributed by atoms with Crippen LogP contribution in [0.5, 0.6) is 0 Å². The molecule has 4 nitrogen and oxygen atoms in total. The Bertz CT molecular complexity index is 486. The third kappa shape index (κ3) is 2.21. The topological polar surface area (TPSA) is 49.6 Å². The molecule has 2 atom stereocenters. The second-order valence-corrected chi connectivity index (χ2v) is 5.57. The molecule has 2 aliphatic heterocycles. The van der Waals surface area contributed by atoms with Crippen LogP contribution in [0.2, 0.25) is 0 Å². The monoisotopic (exact) mass is 259 g/mol. The minimum absolute atomic E-state index is 0.0411. The number of anilines is 1. The molecule has 2 saturated heterocycles. The highest BCUT2D eigenvalue weighted by molar-refractivity contribution is 5.79. The Kier molecular flexibility index (Phi) is 3.19. The van der Waals surface area contributed by atoms with Crippen molar-refractivity contribution < 1.29 is 4.79 Å². The van der Waals surface area contributed by atoms with Crippen molar-refractivity contribution in [2.24, 2.45) is 5.73 Å². The number of nitrogens with two attached hydrogens (primary N) is 1. The molecule has 1 aromatic rings. The van der Waals surface area contributed by atoms with E-state index in [4.69, 9.17) is 5.73 Å². The zero-order valence-electron chi connectivity index (χ0n) is 11.4. The van der Waals surface area contributed by atoms with Crippen molar-refractivity contribution in [1.29, 1.82) is 0 Å². The Balaban J connectivity index is 1.83. The Morgan fingerprint density at radius 2 is 2.11 bits per heavy atom. The van der Waals surface area contributed by atoms with E-state index in [0.29, 0.717) is 18.4 Å². The van der Waals surface area contributed by atoms with Gasteiger partial charge in [-0.1, -0.05) is 18.2 Å². The highest BCUT2D eigenvalue weighted by Crippen LogP contribution is 2.30. The first kappa shape index (κ1) is 12.5. The number of hydrogen-bond acceptors (Lipinski definition) is 3. The van der Waals surface area contributed by atoms with Crippen LogP contribution in [0.25, 0.3) is 0 Å². The molecule has 1 aromatic carbocycles. The van der Waals surface area contributed by atoms with Crippen LogP contribution in [0.4, 0.5) is 5.69 Å². The van der Waals surface area contributed by atoms with E-state index in [2.05, 4.69) is 23.1 Å². The Hall–Kier alpha value is -1.55. The SMILES string of the molecule is CC(N)c1ccccc1N1CCN2C(=O)CCC2C1. The first-order valence-electron chi connectivity index (χ1n) is 7.05. The number of rotatable bonds is 2. The maximum Gasteiger partial charge on any atom is 0.223 e. The molecule has 0 aliphatic carbocycles. The van der Waals surface area contributed by atoms with Gasteiger partial charge in [-0.05, 0) is 25.0 Å². The highest BCUT2D eigenvalue weighted by atomic mass is 16.2. The lowest BCUT2D eigenvalue weighted by Gasteiger charge is -2.40. The molecule has 0 radical (unpaired) electrons. The number of amides is 1. The molecule has 0 aromatic heterocycles. The van der Waals surface area contributed by atoms with Gasteiger partial charge in [-0.3, -0.25) is 4.79 Å². The van der Waals surface area contributed by atoms with Gasteiger partial charge in [0, 0.05) is 43.8 Å². The molecule has 0 saturated carbocycles. The van der Waals surface area contributed by atoms with Gasteiger partial charge >= 0.3 is 0 Å². The molecule has 2 heterocycles. The van der Waals surface area contributed by atoms with Crippen LogP contribution >= 0.6 is 0 Å². The summed E-state index contributed by atoms with van der Waals surface area (Å²) in [6, 6.07) is 8.78. The number of nitrogens with zero attached hydrogens (tertiary/aromatic N) is 2. The molecule has 0 bridgehead atoms. The van der Waals surface area contributed by atoms with Gasteiger partial charge in [-0.25, -0.2) is 0 Å². The minimum Gasteiger partial charge on any atom is -0.367 e. The molecule has 2 aliphatic rings. The van der Waals surface area contributed by atoms with Gasteiger partial charge < -0.3 is 15.5 Å². The molecule has 2 N–H and O–H groups in total. The van der Waals surface area contributed by atoms with Crippen molar-refractivity contribution in [2.45, 2.75) is 31.8 Å². The van der Waals surface area contributed by atoms with E-state index in [-0.39, 0.29) is 6.04 Å². The first-order valence-corrected chi connectivity index (χ1v) is 7.05. The van der Waals surface area contributed by atoms with Gasteiger partial charge in [0.2, 0.25) is 5.91 Å². The van der Waals surface area contributed by atoms with Crippen molar-refractivity contribution >= 4 is 11.6 Å². The van der Waals surface area contributed by atoms with Crippen LogP contribution in [0.1, 0.15) is 31.4 Å². The van der Waals surface area contributed by atoms with Crippen LogP contribution in [-0.4, -0.2) is 36.5 Å². The van der Waals surface area contributed by atoms with Gasteiger partial charge in [0.15, 0.2) is 0 Å². The molecule has 2 unspecified atom stereocenters. The number of para-hydroxylation sites is 1. The minimum atomic E-state index is 0.0411. The van der Waals surface area contributed by atoms with Gasteiger partial charge in [0.05, 0.1) is 0 Å². The zero-order valence-corrected chi connectivity index (χ0v) is 11.4. The number of hydrogen-bond donors (Lipinski definition) is 1. The standard InChI is InChI=1S/C15H21N3O/c1-11(16)13-4-2-3-5-14(13)17-8-9-18-12(10-17)6-7-15(18)19/h2-5,11-12H,6-10,16H2,1H3. The van der Waals surface area contributed by atoms with Crippen LogP contribution in [0.15, 0.2) is 24.3 Å². The zero-order chi connectivity index (χ0) is 13.4. The average molecular weight is 259 g/mol. The van der Waals surface area contributed by atoms with Crippen molar-refractivity contribution in [1.82, 2.24) is 4.90 Å². The van der Waals surface area contributed by atoms with E-state index in [1.807, 2.05) is 17.9 Å². The Morgan fingerprint density at radius 3 is 2.89 bits per heavy atom. The fraction of sp³-hybridized carbons (Fsp3) is 0.533. The second-order valence-electron chi connectivity index (χ2n) is 5.57. The van der Waals surface area contributed by atoms with Crippen molar-refractivity contribution in [3.8, 4) is 0 Å². The van der Waals surface area contributed by atoms with E-state index >= 15 is 0 Å². The summed E-state index contributed by atoms with van der Waals surface area (Å²) in [7, 11) is 0. The summed E-state index contributed by atoms with van der Waals surface area (Å²) in [6.45, 7) is 4.71. The van der Waals surface area contributed by atoms with E-state index in [1.165, 1.54) is 11.3 Å². The van der Waals surface area contributed by atoms with Crippen LogP contribution < -0.4 is 10.6 Å². The number of piperazine rings is 1. The summed E-state index contributed by atoms with van der Waals surface area (Å²) >= 11 is 0. The molecule has 1 amide bonds. The summed E-state index contributed by atoms with van der Waals surface area (Å²) < 4.78 is 0. The molecular formula is C15H21N3O. The third-order valence-electron chi connectivity index (χ3n) is 4.26. The van der Waals surface area contributed by atoms with Crippen LogP contribution in [0.3, 0.4) is 0 Å². The maximum absolute atomic E-state index is 11.7. The number of fused-ring (bicyclic) bond motifs is 1. The molecule has 2 fully saturated rings. The van der Waals surface area contributed by atoms with Crippen molar-refractivity contribution in [3.63, 3.8) is 0 Å². The molecule has 4 heteroatoms. The molecule has 3 rings (SSSR count). The van der Waals surface area contributed by atoms with Crippen LogP contribution in [-0.2, 0) is 4.79 Å². The summed E-state index contributed by atoms with van der Waals surface area (Å²) in [6.07, 6.45) is 1.71. The lowest BCUT2D eigenvalue weighted by molar-refractivity contribution is -0.129. The predicted octanol–water partition coefficient (Wildman–Crippen LogP) is 1.52. The lowest BCUT2D eigenvalue weighted by atomic mass is 10.0. The largest absolute Gasteiger partial charge is 0.367 e. The Morgan fingerprint density at radius 1 is 1.32 bits per heavy atom. The predicted molar refractivity (Wildman–Crippen MR) is 76.0 cm³/mol. The summed E-state index contributed by atoms with van der Waals surface area (Å²) in [5.41, 5.74) is 8.49. The van der Waals surface area contributed by atoms with Gasteiger partial charge in [-0.15, -0.1) is 0 Å². The molecular weight excluding hydrogens is 238 g/mol. The van der Waals surface area contributed by atoms with Gasteiger partial charge in [0.1, 0.15) is 0 Å². The second kappa shape index (κ2) is 4.85. The summed E-state index contributed by atoms with van der Waals surface area (Å²) in [5, 5.41) is 0. The van der Waals surface area contributed by atoms with E-state index in [0.717, 1.165) is 26.1 Å². The lowest BCUT2D eigenvalue weighted by Crippen LogP contribution is -2.51. The van der Waals surface area contributed by atoms with Gasteiger partial charge in [0.25, 0.3) is 0 Å². The van der Waals surface area contributed by atoms with E-state index < -0.39 is 0 Å². The van der Waals surface area contributed by atoms with E-state index in [1.54, 1.807) is 0 Å². The maximum atomic E-state index is 11.7. The third-order valence-corrected chi connectivity index (χ3v) is 4.26. The first-order chi connectivity index (χ1) is 9.16. The van der Waals surface area contributed by atoms with Crippen molar-refractivity contribution in [3.05, 3.63) is 29.8 Å². The average Bonchev–Trinajstić information content (AvgIpc) is 2.80. The normalized spacial score (nSPS) is 24.5. The highest BCUT2D eigenvalue weighted by Gasteiger charge is 2.35. The summed E-state index contributed by atoms with van der Waals surface area (Å²) in [5.74, 6) is 0.324. The number of carbonyl (C=O) groups is 1. The summed E-state index contributed by atoms with van der Waals surface area (Å²) in [4.78, 5) is 16.1. The quantitative estimate of drug-likeness (QED) is 0.876.